The maximum absolute atomic E-state index is 5.97. The minimum absolute atomic E-state index is 0.177. The number of hydrogen-bond acceptors (Lipinski definition) is 1. The number of rotatable bonds is 4. The van der Waals surface area contributed by atoms with Crippen molar-refractivity contribution in [3.8, 4) is 0 Å². The molecule has 1 N–H and O–H groups in total. The third kappa shape index (κ3) is 3.38. The zero-order valence-corrected chi connectivity index (χ0v) is 13.4. The van der Waals surface area contributed by atoms with Crippen LogP contribution in [0.5, 0.6) is 0 Å². The summed E-state index contributed by atoms with van der Waals surface area (Å²) in [6.07, 6.45) is 0. The molecular formula is C16H17BrClN. The summed E-state index contributed by atoms with van der Waals surface area (Å²) in [5.41, 5.74) is 3.72. The number of nitrogens with one attached hydrogen (secondary N) is 1. The first kappa shape index (κ1) is 14.6. The van der Waals surface area contributed by atoms with Crippen LogP contribution in [0, 0.1) is 6.92 Å². The van der Waals surface area contributed by atoms with E-state index in [-0.39, 0.29) is 6.04 Å². The first-order valence-corrected chi connectivity index (χ1v) is 7.54. The molecule has 2 rings (SSSR count). The van der Waals surface area contributed by atoms with Gasteiger partial charge in [-0.15, -0.1) is 0 Å². The van der Waals surface area contributed by atoms with Gasteiger partial charge in [-0.1, -0.05) is 64.8 Å². The minimum Gasteiger partial charge on any atom is -0.306 e. The van der Waals surface area contributed by atoms with Crippen molar-refractivity contribution < 1.29 is 0 Å². The van der Waals surface area contributed by atoms with Crippen molar-refractivity contribution in [1.29, 1.82) is 0 Å². The van der Waals surface area contributed by atoms with E-state index in [4.69, 9.17) is 11.6 Å². The van der Waals surface area contributed by atoms with E-state index < -0.39 is 0 Å². The number of aryl methyl sites for hydroxylation is 1. The van der Waals surface area contributed by atoms with Crippen molar-refractivity contribution in [2.24, 2.45) is 0 Å². The van der Waals surface area contributed by atoms with E-state index in [1.807, 2.05) is 12.1 Å². The molecule has 0 fully saturated rings. The van der Waals surface area contributed by atoms with Crippen LogP contribution in [0.4, 0.5) is 0 Å². The van der Waals surface area contributed by atoms with Crippen molar-refractivity contribution in [3.63, 3.8) is 0 Å². The highest BCUT2D eigenvalue weighted by Gasteiger charge is 2.16. The molecular weight excluding hydrogens is 322 g/mol. The van der Waals surface area contributed by atoms with Crippen molar-refractivity contribution in [3.05, 3.63) is 68.7 Å². The second kappa shape index (κ2) is 6.56. The average molecular weight is 339 g/mol. The molecule has 0 aliphatic rings. The van der Waals surface area contributed by atoms with Gasteiger partial charge in [-0.3, -0.25) is 0 Å². The van der Waals surface area contributed by atoms with Gasteiger partial charge in [0.2, 0.25) is 0 Å². The molecule has 0 aliphatic heterocycles. The van der Waals surface area contributed by atoms with Gasteiger partial charge >= 0.3 is 0 Å². The monoisotopic (exact) mass is 337 g/mol. The molecule has 0 saturated heterocycles. The third-order valence-electron chi connectivity index (χ3n) is 3.14. The second-order valence-corrected chi connectivity index (χ2v) is 5.75. The number of benzene rings is 2. The van der Waals surface area contributed by atoms with Gasteiger partial charge in [0, 0.05) is 9.50 Å². The van der Waals surface area contributed by atoms with Crippen LogP contribution in [0.1, 0.15) is 29.7 Å². The Labute approximate surface area is 128 Å². The standard InChI is InChI=1S/C16H17BrClN/c1-3-19-16(12-7-9-13(18)10-8-12)14-6-4-5-11(2)15(14)17/h4-10,16,19H,3H2,1-2H3. The maximum Gasteiger partial charge on any atom is 0.0587 e. The normalized spacial score (nSPS) is 12.4. The van der Waals surface area contributed by atoms with Gasteiger partial charge in [0.1, 0.15) is 0 Å². The van der Waals surface area contributed by atoms with Crippen LogP contribution in [0.2, 0.25) is 5.02 Å². The molecule has 19 heavy (non-hydrogen) atoms. The van der Waals surface area contributed by atoms with E-state index in [9.17, 15) is 0 Å². The van der Waals surface area contributed by atoms with Crippen molar-refractivity contribution >= 4 is 27.5 Å². The van der Waals surface area contributed by atoms with E-state index in [0.717, 1.165) is 16.0 Å². The van der Waals surface area contributed by atoms with Crippen molar-refractivity contribution in [1.82, 2.24) is 5.32 Å². The van der Waals surface area contributed by atoms with Crippen molar-refractivity contribution in [2.75, 3.05) is 6.54 Å². The Morgan fingerprint density at radius 3 is 2.47 bits per heavy atom. The van der Waals surface area contributed by atoms with Crippen LogP contribution in [-0.4, -0.2) is 6.54 Å². The summed E-state index contributed by atoms with van der Waals surface area (Å²) < 4.78 is 1.16. The maximum atomic E-state index is 5.97. The van der Waals surface area contributed by atoms with Gasteiger partial charge in [0.15, 0.2) is 0 Å². The van der Waals surface area contributed by atoms with Crippen LogP contribution in [-0.2, 0) is 0 Å². The highest BCUT2D eigenvalue weighted by molar-refractivity contribution is 9.10. The quantitative estimate of drug-likeness (QED) is 0.817. The predicted molar refractivity (Wildman–Crippen MR) is 85.9 cm³/mol. The smallest absolute Gasteiger partial charge is 0.0587 e. The molecule has 1 atom stereocenters. The fourth-order valence-corrected chi connectivity index (χ4v) is 2.78. The van der Waals surface area contributed by atoms with Gasteiger partial charge < -0.3 is 5.32 Å². The fraction of sp³-hybridized carbons (Fsp3) is 0.250. The summed E-state index contributed by atoms with van der Waals surface area (Å²) in [4.78, 5) is 0. The van der Waals surface area contributed by atoms with Gasteiger partial charge in [-0.05, 0) is 42.3 Å². The molecule has 100 valence electrons. The molecule has 1 unspecified atom stereocenters. The highest BCUT2D eigenvalue weighted by Crippen LogP contribution is 2.31. The largest absolute Gasteiger partial charge is 0.306 e. The van der Waals surface area contributed by atoms with E-state index in [1.165, 1.54) is 16.7 Å². The Morgan fingerprint density at radius 2 is 1.84 bits per heavy atom. The SMILES string of the molecule is CCNC(c1ccc(Cl)cc1)c1cccc(C)c1Br. The Bertz CT molecular complexity index is 551. The van der Waals surface area contributed by atoms with Gasteiger partial charge in [0.25, 0.3) is 0 Å². The minimum atomic E-state index is 0.177. The molecule has 2 aromatic rings. The van der Waals surface area contributed by atoms with E-state index in [2.05, 4.69) is 65.4 Å². The van der Waals surface area contributed by atoms with Crippen LogP contribution in [0.15, 0.2) is 46.9 Å². The summed E-state index contributed by atoms with van der Waals surface area (Å²) in [6.45, 7) is 5.14. The molecule has 0 saturated carbocycles. The first-order valence-electron chi connectivity index (χ1n) is 6.37. The topological polar surface area (TPSA) is 12.0 Å². The number of hydrogen-bond donors (Lipinski definition) is 1. The molecule has 0 radical (unpaired) electrons. The summed E-state index contributed by atoms with van der Waals surface area (Å²) in [6, 6.07) is 14.6. The molecule has 0 spiro atoms. The molecule has 0 amide bonds. The number of halogens is 2. The molecule has 0 heterocycles. The average Bonchev–Trinajstić information content (AvgIpc) is 2.41. The lowest BCUT2D eigenvalue weighted by Gasteiger charge is -2.21. The summed E-state index contributed by atoms with van der Waals surface area (Å²) >= 11 is 9.66. The lowest BCUT2D eigenvalue weighted by molar-refractivity contribution is 0.628. The highest BCUT2D eigenvalue weighted by atomic mass is 79.9. The lowest BCUT2D eigenvalue weighted by Crippen LogP contribution is -2.22. The van der Waals surface area contributed by atoms with E-state index in [0.29, 0.717) is 0 Å². The van der Waals surface area contributed by atoms with Gasteiger partial charge in [-0.2, -0.15) is 0 Å². The summed E-state index contributed by atoms with van der Waals surface area (Å²) in [5, 5.41) is 4.30. The Kier molecular flexibility index (Phi) is 5.03. The Hall–Kier alpha value is -0.830. The summed E-state index contributed by atoms with van der Waals surface area (Å²) in [5.74, 6) is 0. The summed E-state index contributed by atoms with van der Waals surface area (Å²) in [7, 11) is 0. The van der Waals surface area contributed by atoms with Crippen LogP contribution >= 0.6 is 27.5 Å². The predicted octanol–water partition coefficient (Wildman–Crippen LogP) is 5.11. The molecule has 3 heteroatoms. The van der Waals surface area contributed by atoms with Crippen LogP contribution in [0.3, 0.4) is 0 Å². The zero-order valence-electron chi connectivity index (χ0n) is 11.1. The fourth-order valence-electron chi connectivity index (χ4n) is 2.16. The molecule has 1 nitrogen and oxygen atoms in total. The van der Waals surface area contributed by atoms with Gasteiger partial charge in [-0.25, -0.2) is 0 Å². The third-order valence-corrected chi connectivity index (χ3v) is 4.48. The molecule has 0 aromatic heterocycles. The van der Waals surface area contributed by atoms with Crippen LogP contribution < -0.4 is 5.32 Å². The Morgan fingerprint density at radius 1 is 1.16 bits per heavy atom. The zero-order chi connectivity index (χ0) is 13.8. The van der Waals surface area contributed by atoms with Gasteiger partial charge in [0.05, 0.1) is 6.04 Å². The van der Waals surface area contributed by atoms with E-state index in [1.54, 1.807) is 0 Å². The first-order chi connectivity index (χ1) is 9.13. The Balaban J connectivity index is 2.45. The second-order valence-electron chi connectivity index (χ2n) is 4.52. The molecule has 0 aliphatic carbocycles. The molecule has 0 bridgehead atoms. The molecule has 2 aromatic carbocycles. The van der Waals surface area contributed by atoms with Crippen molar-refractivity contribution in [2.45, 2.75) is 19.9 Å². The van der Waals surface area contributed by atoms with Crippen LogP contribution in [0.25, 0.3) is 0 Å². The lowest BCUT2D eigenvalue weighted by atomic mass is 9.97. The van der Waals surface area contributed by atoms with E-state index >= 15 is 0 Å².